The minimum absolute atomic E-state index is 0.158. The van der Waals surface area contributed by atoms with Gasteiger partial charge in [-0.3, -0.25) is 19.0 Å². The van der Waals surface area contributed by atoms with Gasteiger partial charge in [0.2, 0.25) is 0 Å². The molecule has 0 bridgehead atoms. The maximum atomic E-state index is 6.04. The van der Waals surface area contributed by atoms with E-state index in [2.05, 4.69) is 53.4 Å². The number of benzene rings is 1. The molecule has 0 saturated heterocycles. The van der Waals surface area contributed by atoms with Gasteiger partial charge in [0.1, 0.15) is 6.04 Å². The van der Waals surface area contributed by atoms with Gasteiger partial charge >= 0.3 is 0 Å². The monoisotopic (exact) mass is 427 g/mol. The number of halogens is 1. The number of H-pyrrole nitrogens is 1. The molecule has 0 aliphatic carbocycles. The average Bonchev–Trinajstić information content (AvgIpc) is 3.35. The van der Waals surface area contributed by atoms with E-state index in [9.17, 15) is 0 Å². The molecule has 3 heterocycles. The number of aromatic nitrogens is 7. The van der Waals surface area contributed by atoms with E-state index in [1.807, 2.05) is 23.1 Å². The number of hydrogen-bond acceptors (Lipinski definition) is 4. The van der Waals surface area contributed by atoms with Crippen LogP contribution in [0.25, 0.3) is 5.69 Å². The predicted octanol–water partition coefficient (Wildman–Crippen LogP) is 4.56. The summed E-state index contributed by atoms with van der Waals surface area (Å²) in [5, 5.41) is 17.0. The third-order valence-corrected chi connectivity index (χ3v) is 5.53. The van der Waals surface area contributed by atoms with Crippen LogP contribution in [0, 0.1) is 25.5 Å². The van der Waals surface area contributed by atoms with Gasteiger partial charge in [0, 0.05) is 6.20 Å². The lowest BCUT2D eigenvalue weighted by atomic mass is 10.1. The summed E-state index contributed by atoms with van der Waals surface area (Å²) in [7, 11) is 0. The Balaban J connectivity index is 1.76. The second kappa shape index (κ2) is 7.61. The number of hydrogen-bond donors (Lipinski definition) is 1. The van der Waals surface area contributed by atoms with Gasteiger partial charge in [-0.2, -0.15) is 15.3 Å². The summed E-state index contributed by atoms with van der Waals surface area (Å²) in [4.78, 5) is 0. The molecule has 1 aromatic carbocycles. The summed E-state index contributed by atoms with van der Waals surface area (Å²) in [6.07, 6.45) is 3.38. The van der Waals surface area contributed by atoms with Crippen molar-refractivity contribution in [2.45, 2.75) is 40.3 Å². The van der Waals surface area contributed by atoms with Crippen LogP contribution in [0.5, 0.6) is 0 Å². The van der Waals surface area contributed by atoms with Crippen molar-refractivity contribution in [1.29, 1.82) is 0 Å². The second-order valence-electron chi connectivity index (χ2n) is 7.20. The van der Waals surface area contributed by atoms with Gasteiger partial charge in [-0.25, -0.2) is 0 Å². The maximum Gasteiger partial charge on any atom is 0.200 e. The Morgan fingerprint density at radius 1 is 1.17 bits per heavy atom. The standard InChI is InChI=1S/C20H22ClN7S/c1-12-5-7-16(8-6-12)10-27-14(3)18(13(2)25-27)28-19(23-24-20(28)29)15(4)26-11-17(21)9-22-26/h5-9,11,15H,10H2,1-4H3,(H,24,29)/t15-/m0/s1. The Hall–Kier alpha value is -2.71. The molecule has 1 atom stereocenters. The van der Waals surface area contributed by atoms with E-state index in [1.54, 1.807) is 17.1 Å². The fourth-order valence-corrected chi connectivity index (χ4v) is 3.86. The summed E-state index contributed by atoms with van der Waals surface area (Å²) in [5.74, 6) is 0.746. The highest BCUT2D eigenvalue weighted by Crippen LogP contribution is 2.25. The summed E-state index contributed by atoms with van der Waals surface area (Å²) in [5.41, 5.74) is 5.29. The zero-order valence-corrected chi connectivity index (χ0v) is 18.3. The Morgan fingerprint density at radius 2 is 1.90 bits per heavy atom. The first-order chi connectivity index (χ1) is 13.8. The molecule has 0 saturated carbocycles. The van der Waals surface area contributed by atoms with E-state index in [0.717, 1.165) is 22.9 Å². The Kier molecular flexibility index (Phi) is 5.14. The fourth-order valence-electron chi connectivity index (χ4n) is 3.48. The molecule has 3 aromatic heterocycles. The summed E-state index contributed by atoms with van der Waals surface area (Å²) in [6.45, 7) is 8.82. The number of aryl methyl sites for hydroxylation is 2. The van der Waals surface area contributed by atoms with Crippen molar-refractivity contribution in [3.8, 4) is 5.69 Å². The third kappa shape index (κ3) is 3.65. The Labute approximate surface area is 178 Å². The minimum atomic E-state index is -0.158. The second-order valence-corrected chi connectivity index (χ2v) is 8.02. The predicted molar refractivity (Wildman–Crippen MR) is 115 cm³/mol. The molecule has 150 valence electrons. The van der Waals surface area contributed by atoms with E-state index >= 15 is 0 Å². The Bertz CT molecular complexity index is 1210. The molecular weight excluding hydrogens is 406 g/mol. The van der Waals surface area contributed by atoms with Crippen molar-refractivity contribution in [2.75, 3.05) is 0 Å². The third-order valence-electron chi connectivity index (χ3n) is 5.06. The van der Waals surface area contributed by atoms with Gasteiger partial charge in [0.05, 0.1) is 34.8 Å². The van der Waals surface area contributed by atoms with Gasteiger partial charge in [-0.05, 0) is 45.5 Å². The average molecular weight is 428 g/mol. The first kappa shape index (κ1) is 19.6. The van der Waals surface area contributed by atoms with Crippen molar-refractivity contribution in [2.24, 2.45) is 0 Å². The van der Waals surface area contributed by atoms with Gasteiger partial charge in [0.15, 0.2) is 10.6 Å². The quantitative estimate of drug-likeness (QED) is 0.474. The molecule has 0 aliphatic rings. The summed E-state index contributed by atoms with van der Waals surface area (Å²) in [6, 6.07) is 8.33. The molecule has 4 rings (SSSR count). The SMILES string of the molecule is Cc1ccc(Cn2nc(C)c(-n3c([C@H](C)n4cc(Cl)cn4)n[nH]c3=S)c2C)cc1. The normalized spacial score (nSPS) is 12.4. The molecule has 0 unspecified atom stereocenters. The van der Waals surface area contributed by atoms with E-state index in [4.69, 9.17) is 28.9 Å². The lowest BCUT2D eigenvalue weighted by Crippen LogP contribution is -2.14. The molecule has 9 heteroatoms. The number of nitrogens with zero attached hydrogens (tertiary/aromatic N) is 6. The first-order valence-electron chi connectivity index (χ1n) is 9.32. The van der Waals surface area contributed by atoms with E-state index in [0.29, 0.717) is 16.3 Å². The summed E-state index contributed by atoms with van der Waals surface area (Å²) < 4.78 is 6.24. The van der Waals surface area contributed by atoms with E-state index in [1.165, 1.54) is 11.1 Å². The van der Waals surface area contributed by atoms with Crippen LogP contribution in [0.2, 0.25) is 5.02 Å². The summed E-state index contributed by atoms with van der Waals surface area (Å²) >= 11 is 11.6. The van der Waals surface area contributed by atoms with Crippen LogP contribution in [0.3, 0.4) is 0 Å². The van der Waals surface area contributed by atoms with Crippen LogP contribution in [0.1, 0.15) is 41.3 Å². The fraction of sp³-hybridized carbons (Fsp3) is 0.300. The topological polar surface area (TPSA) is 69.2 Å². The van der Waals surface area contributed by atoms with Crippen LogP contribution >= 0.6 is 23.8 Å². The molecule has 0 radical (unpaired) electrons. The van der Waals surface area contributed by atoms with Crippen molar-refractivity contribution in [1.82, 2.24) is 34.3 Å². The smallest absolute Gasteiger partial charge is 0.200 e. The van der Waals surface area contributed by atoms with Crippen LogP contribution in [0.4, 0.5) is 0 Å². The molecule has 0 spiro atoms. The van der Waals surface area contributed by atoms with Crippen LogP contribution in [-0.4, -0.2) is 34.3 Å². The minimum Gasteiger partial charge on any atom is -0.267 e. The van der Waals surface area contributed by atoms with Crippen molar-refractivity contribution in [3.05, 3.63) is 74.8 Å². The number of nitrogens with one attached hydrogen (secondary N) is 1. The Morgan fingerprint density at radius 3 is 2.55 bits per heavy atom. The van der Waals surface area contributed by atoms with Gasteiger partial charge in [0.25, 0.3) is 0 Å². The molecule has 0 aliphatic heterocycles. The highest BCUT2D eigenvalue weighted by Gasteiger charge is 2.23. The zero-order chi connectivity index (χ0) is 20.7. The van der Waals surface area contributed by atoms with Gasteiger partial charge in [-0.1, -0.05) is 41.4 Å². The van der Waals surface area contributed by atoms with Gasteiger partial charge in [-0.15, -0.1) is 0 Å². The van der Waals surface area contributed by atoms with E-state index < -0.39 is 0 Å². The van der Waals surface area contributed by atoms with Crippen LogP contribution in [0.15, 0.2) is 36.7 Å². The maximum absolute atomic E-state index is 6.04. The molecule has 29 heavy (non-hydrogen) atoms. The highest BCUT2D eigenvalue weighted by atomic mass is 35.5. The first-order valence-corrected chi connectivity index (χ1v) is 10.1. The van der Waals surface area contributed by atoms with Crippen LogP contribution in [-0.2, 0) is 6.54 Å². The van der Waals surface area contributed by atoms with E-state index in [-0.39, 0.29) is 6.04 Å². The van der Waals surface area contributed by atoms with Crippen molar-refractivity contribution >= 4 is 23.8 Å². The van der Waals surface area contributed by atoms with Crippen molar-refractivity contribution < 1.29 is 0 Å². The molecule has 4 aromatic rings. The molecule has 7 nitrogen and oxygen atoms in total. The van der Waals surface area contributed by atoms with Crippen LogP contribution < -0.4 is 0 Å². The molecule has 0 amide bonds. The molecule has 1 N–H and O–H groups in total. The van der Waals surface area contributed by atoms with Crippen molar-refractivity contribution in [3.63, 3.8) is 0 Å². The molecular formula is C20H22ClN7S. The number of rotatable bonds is 5. The largest absolute Gasteiger partial charge is 0.267 e. The lowest BCUT2D eigenvalue weighted by Gasteiger charge is -2.14. The highest BCUT2D eigenvalue weighted by molar-refractivity contribution is 7.71. The lowest BCUT2D eigenvalue weighted by molar-refractivity contribution is 0.527. The number of aromatic amines is 1. The van der Waals surface area contributed by atoms with Gasteiger partial charge < -0.3 is 0 Å². The zero-order valence-electron chi connectivity index (χ0n) is 16.7. The molecule has 0 fully saturated rings.